The first-order chi connectivity index (χ1) is 9.54. The Labute approximate surface area is 123 Å². The lowest BCUT2D eigenvalue weighted by Gasteiger charge is -2.18. The van der Waals surface area contributed by atoms with Gasteiger partial charge in [0.05, 0.1) is 6.54 Å². The minimum Gasteiger partial charge on any atom is -0.465 e. The van der Waals surface area contributed by atoms with Crippen LogP contribution >= 0.6 is 0 Å². The second-order valence-corrected chi connectivity index (χ2v) is 6.26. The van der Waals surface area contributed by atoms with Gasteiger partial charge in [-0.1, -0.05) is 13.8 Å². The Morgan fingerprint density at radius 2 is 2.05 bits per heavy atom. The number of nitrogens with one attached hydrogen (secondary N) is 1. The number of nitrogens with zero attached hydrogens (tertiary/aromatic N) is 2. The predicted octanol–water partition coefficient (Wildman–Crippen LogP) is 2.22. The molecule has 20 heavy (non-hydrogen) atoms. The molecule has 0 saturated carbocycles. The van der Waals surface area contributed by atoms with Crippen molar-refractivity contribution in [1.29, 1.82) is 0 Å². The highest BCUT2D eigenvalue weighted by atomic mass is 16.3. The van der Waals surface area contributed by atoms with Crippen molar-refractivity contribution >= 4 is 0 Å². The van der Waals surface area contributed by atoms with E-state index in [1.165, 1.54) is 25.1 Å². The van der Waals surface area contributed by atoms with E-state index in [9.17, 15) is 0 Å². The molecule has 114 valence electrons. The molecular formula is C16H29N3O. The lowest BCUT2D eigenvalue weighted by Crippen LogP contribution is -2.28. The lowest BCUT2D eigenvalue weighted by molar-refractivity contribution is 0.247. The van der Waals surface area contributed by atoms with E-state index in [1.54, 1.807) is 0 Å². The molecule has 4 nitrogen and oxygen atoms in total. The maximum atomic E-state index is 5.92. The Morgan fingerprint density at radius 1 is 1.25 bits per heavy atom. The van der Waals surface area contributed by atoms with Gasteiger partial charge in [0.25, 0.3) is 0 Å². The summed E-state index contributed by atoms with van der Waals surface area (Å²) in [5.74, 6) is 2.16. The standard InChI is InChI=1S/C16H29N3O/c1-13(2)17-11-15-10-16(20-14(15)3)12-19-7-5-6-18(4)8-9-19/h10,13,17H,5-9,11-12H2,1-4H3. The van der Waals surface area contributed by atoms with Crippen LogP contribution in [0.1, 0.15) is 37.4 Å². The van der Waals surface area contributed by atoms with E-state index in [0.29, 0.717) is 6.04 Å². The van der Waals surface area contributed by atoms with Crippen molar-refractivity contribution in [2.45, 2.75) is 46.3 Å². The number of hydrogen-bond donors (Lipinski definition) is 1. The van der Waals surface area contributed by atoms with Gasteiger partial charge in [-0.25, -0.2) is 0 Å². The molecule has 2 rings (SSSR count). The van der Waals surface area contributed by atoms with E-state index in [0.717, 1.165) is 37.7 Å². The first-order valence-corrected chi connectivity index (χ1v) is 7.77. The highest BCUT2D eigenvalue weighted by Gasteiger charge is 2.15. The van der Waals surface area contributed by atoms with Crippen molar-refractivity contribution in [1.82, 2.24) is 15.1 Å². The molecule has 4 heteroatoms. The second kappa shape index (κ2) is 7.25. The molecule has 0 aromatic carbocycles. The van der Waals surface area contributed by atoms with E-state index in [2.05, 4.69) is 49.0 Å². The van der Waals surface area contributed by atoms with E-state index in [1.807, 2.05) is 0 Å². The molecule has 0 unspecified atom stereocenters. The van der Waals surface area contributed by atoms with Gasteiger partial charge < -0.3 is 14.6 Å². The third kappa shape index (κ3) is 4.62. The van der Waals surface area contributed by atoms with Gasteiger partial charge in [0.15, 0.2) is 0 Å². The average Bonchev–Trinajstić information content (AvgIpc) is 2.59. The van der Waals surface area contributed by atoms with Crippen LogP contribution in [0.4, 0.5) is 0 Å². The van der Waals surface area contributed by atoms with Crippen LogP contribution < -0.4 is 5.32 Å². The molecule has 0 bridgehead atoms. The van der Waals surface area contributed by atoms with Crippen LogP contribution in [0.25, 0.3) is 0 Å². The van der Waals surface area contributed by atoms with Gasteiger partial charge in [-0.3, -0.25) is 4.90 Å². The summed E-state index contributed by atoms with van der Waals surface area (Å²) in [6, 6.07) is 2.73. The van der Waals surface area contributed by atoms with E-state index in [-0.39, 0.29) is 0 Å². The summed E-state index contributed by atoms with van der Waals surface area (Å²) in [6.07, 6.45) is 1.25. The average molecular weight is 279 g/mol. The first kappa shape index (κ1) is 15.5. The zero-order valence-electron chi connectivity index (χ0n) is 13.4. The van der Waals surface area contributed by atoms with Crippen LogP contribution in [-0.2, 0) is 13.1 Å². The summed E-state index contributed by atoms with van der Waals surface area (Å²) in [4.78, 5) is 4.91. The maximum absolute atomic E-state index is 5.92. The summed E-state index contributed by atoms with van der Waals surface area (Å²) < 4.78 is 5.92. The SMILES string of the molecule is Cc1oc(CN2CCCN(C)CC2)cc1CNC(C)C. The van der Waals surface area contributed by atoms with Crippen LogP contribution in [-0.4, -0.2) is 49.1 Å². The number of likely N-dealkylation sites (N-methyl/N-ethyl adjacent to an activating group) is 1. The Kier molecular flexibility index (Phi) is 5.64. The van der Waals surface area contributed by atoms with Gasteiger partial charge in [0.1, 0.15) is 11.5 Å². The summed E-state index contributed by atoms with van der Waals surface area (Å²) in [6.45, 7) is 12.9. The van der Waals surface area contributed by atoms with E-state index in [4.69, 9.17) is 4.42 Å². The van der Waals surface area contributed by atoms with E-state index < -0.39 is 0 Å². The van der Waals surface area contributed by atoms with Crippen LogP contribution in [0.3, 0.4) is 0 Å². The van der Waals surface area contributed by atoms with Crippen LogP contribution in [0, 0.1) is 6.92 Å². The Bertz CT molecular complexity index is 414. The summed E-state index contributed by atoms with van der Waals surface area (Å²) in [5, 5.41) is 3.46. The third-order valence-electron chi connectivity index (χ3n) is 3.96. The molecular weight excluding hydrogens is 250 g/mol. The van der Waals surface area contributed by atoms with Crippen molar-refractivity contribution in [2.75, 3.05) is 33.2 Å². The summed E-state index contributed by atoms with van der Waals surface area (Å²) >= 11 is 0. The maximum Gasteiger partial charge on any atom is 0.118 e. The largest absolute Gasteiger partial charge is 0.465 e. The molecule has 0 radical (unpaired) electrons. The monoisotopic (exact) mass is 279 g/mol. The fraction of sp³-hybridized carbons (Fsp3) is 0.750. The van der Waals surface area contributed by atoms with Gasteiger partial charge in [-0.05, 0) is 39.5 Å². The molecule has 0 aliphatic carbocycles. The normalized spacial score (nSPS) is 18.6. The van der Waals surface area contributed by atoms with Crippen LogP contribution in [0.15, 0.2) is 10.5 Å². The van der Waals surface area contributed by atoms with Crippen molar-refractivity contribution in [3.8, 4) is 0 Å². The van der Waals surface area contributed by atoms with Crippen molar-refractivity contribution in [3.63, 3.8) is 0 Å². The topological polar surface area (TPSA) is 31.7 Å². The molecule has 1 N–H and O–H groups in total. The minimum absolute atomic E-state index is 0.508. The second-order valence-electron chi connectivity index (χ2n) is 6.26. The number of aryl methyl sites for hydroxylation is 1. The smallest absolute Gasteiger partial charge is 0.118 e. The Balaban J connectivity index is 1.90. The molecule has 0 atom stereocenters. The quantitative estimate of drug-likeness (QED) is 0.895. The van der Waals surface area contributed by atoms with Gasteiger partial charge in [-0.15, -0.1) is 0 Å². The summed E-state index contributed by atoms with van der Waals surface area (Å²) in [7, 11) is 2.20. The summed E-state index contributed by atoms with van der Waals surface area (Å²) in [5.41, 5.74) is 1.29. The lowest BCUT2D eigenvalue weighted by atomic mass is 10.2. The van der Waals surface area contributed by atoms with E-state index >= 15 is 0 Å². The first-order valence-electron chi connectivity index (χ1n) is 7.77. The van der Waals surface area contributed by atoms with Crippen LogP contribution in [0.2, 0.25) is 0 Å². The molecule has 1 fully saturated rings. The van der Waals surface area contributed by atoms with Gasteiger partial charge in [-0.2, -0.15) is 0 Å². The fourth-order valence-corrected chi connectivity index (χ4v) is 2.63. The van der Waals surface area contributed by atoms with Gasteiger partial charge in [0, 0.05) is 31.2 Å². The van der Waals surface area contributed by atoms with Gasteiger partial charge in [0.2, 0.25) is 0 Å². The predicted molar refractivity (Wildman–Crippen MR) is 82.8 cm³/mol. The van der Waals surface area contributed by atoms with Crippen molar-refractivity contribution in [3.05, 3.63) is 23.2 Å². The zero-order chi connectivity index (χ0) is 14.5. The Hall–Kier alpha value is -0.840. The number of rotatable bonds is 5. The fourth-order valence-electron chi connectivity index (χ4n) is 2.63. The van der Waals surface area contributed by atoms with Crippen LogP contribution in [0.5, 0.6) is 0 Å². The molecule has 1 saturated heterocycles. The molecule has 1 aliphatic heterocycles. The molecule has 0 amide bonds. The highest BCUT2D eigenvalue weighted by Crippen LogP contribution is 2.17. The minimum atomic E-state index is 0.508. The molecule has 1 aromatic heterocycles. The Morgan fingerprint density at radius 3 is 2.80 bits per heavy atom. The zero-order valence-corrected chi connectivity index (χ0v) is 13.4. The molecule has 1 aromatic rings. The molecule has 0 spiro atoms. The molecule has 1 aliphatic rings. The highest BCUT2D eigenvalue weighted by molar-refractivity contribution is 5.20. The van der Waals surface area contributed by atoms with Gasteiger partial charge >= 0.3 is 0 Å². The number of furan rings is 1. The van der Waals surface area contributed by atoms with Crippen molar-refractivity contribution < 1.29 is 4.42 Å². The molecule has 2 heterocycles. The van der Waals surface area contributed by atoms with Crippen molar-refractivity contribution in [2.24, 2.45) is 0 Å². The number of hydrogen-bond acceptors (Lipinski definition) is 4. The third-order valence-corrected chi connectivity index (χ3v) is 3.96.